The van der Waals surface area contributed by atoms with E-state index in [1.165, 1.54) is 24.3 Å². The van der Waals surface area contributed by atoms with Crippen molar-refractivity contribution in [3.63, 3.8) is 0 Å². The molecule has 2 aliphatic rings. The van der Waals surface area contributed by atoms with E-state index in [2.05, 4.69) is 9.50 Å². The summed E-state index contributed by atoms with van der Waals surface area (Å²) in [5.74, 6) is -0.169. The molecule has 0 bridgehead atoms. The molecule has 10 heteroatoms. The molecule has 31 heavy (non-hydrogen) atoms. The molecule has 2 aliphatic heterocycles. The second-order valence-electron chi connectivity index (χ2n) is 7.54. The van der Waals surface area contributed by atoms with Crippen LogP contribution in [0.4, 0.5) is 4.39 Å². The first-order valence-corrected chi connectivity index (χ1v) is 11.6. The summed E-state index contributed by atoms with van der Waals surface area (Å²) in [4.78, 5) is 16.6. The van der Waals surface area contributed by atoms with Crippen LogP contribution in [0, 0.1) is 5.82 Å². The van der Waals surface area contributed by atoms with Gasteiger partial charge in [-0.3, -0.25) is 9.48 Å². The van der Waals surface area contributed by atoms with Gasteiger partial charge >= 0.3 is 0 Å². The van der Waals surface area contributed by atoms with Gasteiger partial charge in [0.05, 0.1) is 0 Å². The van der Waals surface area contributed by atoms with Gasteiger partial charge in [0, 0.05) is 44.5 Å². The summed E-state index contributed by atoms with van der Waals surface area (Å²) >= 11 is 0. The molecule has 0 radical (unpaired) electrons. The van der Waals surface area contributed by atoms with Crippen molar-refractivity contribution in [2.75, 3.05) is 26.2 Å². The summed E-state index contributed by atoms with van der Waals surface area (Å²) in [6.07, 6.45) is 2.46. The van der Waals surface area contributed by atoms with Crippen molar-refractivity contribution >= 4 is 26.7 Å². The minimum atomic E-state index is -3.88. The Bertz CT molecular complexity index is 1170. The number of benzene rings is 1. The zero-order valence-electron chi connectivity index (χ0n) is 17.5. The maximum atomic E-state index is 13.3. The van der Waals surface area contributed by atoms with Gasteiger partial charge in [0.25, 0.3) is 15.9 Å². The van der Waals surface area contributed by atoms with E-state index in [-0.39, 0.29) is 10.8 Å². The Kier molecular flexibility index (Phi) is 5.65. The summed E-state index contributed by atoms with van der Waals surface area (Å²) in [6, 6.07) is 7.08. The van der Waals surface area contributed by atoms with Crippen molar-refractivity contribution in [2.45, 2.75) is 26.8 Å². The van der Waals surface area contributed by atoms with Gasteiger partial charge in [0.15, 0.2) is 0 Å². The zero-order chi connectivity index (χ0) is 22.2. The van der Waals surface area contributed by atoms with E-state index in [1.54, 1.807) is 28.8 Å². The fraction of sp³-hybridized carbons (Fsp3) is 0.381. The highest BCUT2D eigenvalue weighted by Crippen LogP contribution is 2.33. The van der Waals surface area contributed by atoms with Gasteiger partial charge in [0.1, 0.15) is 22.3 Å². The van der Waals surface area contributed by atoms with Gasteiger partial charge in [0.2, 0.25) is 0 Å². The van der Waals surface area contributed by atoms with Crippen molar-refractivity contribution in [1.29, 1.82) is 0 Å². The Morgan fingerprint density at radius 2 is 1.84 bits per heavy atom. The van der Waals surface area contributed by atoms with Gasteiger partial charge in [-0.05, 0) is 44.0 Å². The average Bonchev–Trinajstić information content (AvgIpc) is 3.21. The van der Waals surface area contributed by atoms with Crippen LogP contribution in [0.15, 0.2) is 46.5 Å². The number of aromatic nitrogens is 2. The minimum absolute atomic E-state index is 0.102. The topological polar surface area (TPSA) is 87.9 Å². The van der Waals surface area contributed by atoms with Crippen LogP contribution >= 0.6 is 0 Å². The van der Waals surface area contributed by atoms with Crippen molar-refractivity contribution in [3.8, 4) is 0 Å². The molecule has 1 amide bonds. The average molecular weight is 446 g/mol. The zero-order valence-corrected chi connectivity index (χ0v) is 18.3. The standard InChI is InChI=1S/C21H24FN5O3S/c1-3-27-12-9-18(23-27)21(28)26-11-4-10-25(13-14-26)20-15(2)19(31(29,30)24-20)16-5-7-17(22)8-6-16/h5-9,12H,3-4,10-11,13-14H2,1-2H3. The number of nitrogens with zero attached hydrogens (tertiary/aromatic N) is 5. The second-order valence-corrected chi connectivity index (χ2v) is 9.08. The molecule has 2 aromatic rings. The van der Waals surface area contributed by atoms with Crippen molar-refractivity contribution in [3.05, 3.63) is 59.2 Å². The third-order valence-corrected chi connectivity index (χ3v) is 6.98. The SMILES string of the molecule is CCn1ccc(C(=O)N2CCCN(C3=NS(=O)(=O)C(c4ccc(F)cc4)=C3C)CC2)n1. The molecule has 0 saturated carbocycles. The number of halogens is 1. The highest BCUT2D eigenvalue weighted by Gasteiger charge is 2.34. The highest BCUT2D eigenvalue weighted by atomic mass is 32.2. The monoisotopic (exact) mass is 445 g/mol. The lowest BCUT2D eigenvalue weighted by atomic mass is 10.1. The maximum absolute atomic E-state index is 13.3. The predicted octanol–water partition coefficient (Wildman–Crippen LogP) is 2.36. The summed E-state index contributed by atoms with van der Waals surface area (Å²) in [5.41, 5.74) is 1.36. The summed E-state index contributed by atoms with van der Waals surface area (Å²) < 4.78 is 44.5. The Morgan fingerprint density at radius 1 is 1.10 bits per heavy atom. The van der Waals surface area contributed by atoms with Crippen LogP contribution in [-0.2, 0) is 16.6 Å². The highest BCUT2D eigenvalue weighted by molar-refractivity contribution is 8.00. The molecule has 0 atom stereocenters. The molecule has 3 heterocycles. The maximum Gasteiger partial charge on any atom is 0.285 e. The minimum Gasteiger partial charge on any atom is -0.354 e. The molecule has 164 valence electrons. The van der Waals surface area contributed by atoms with E-state index in [0.717, 1.165) is 0 Å². The van der Waals surface area contributed by atoms with Crippen LogP contribution in [0.25, 0.3) is 4.91 Å². The number of sulfonamides is 1. The number of aryl methyl sites for hydroxylation is 1. The molecule has 1 aromatic carbocycles. The second kappa shape index (κ2) is 8.26. The number of carbonyl (C=O) groups is 1. The number of carbonyl (C=O) groups excluding carboxylic acids is 1. The van der Waals surface area contributed by atoms with Gasteiger partial charge in [-0.1, -0.05) is 12.1 Å². The quantitative estimate of drug-likeness (QED) is 0.724. The Balaban J connectivity index is 1.54. The fourth-order valence-electron chi connectivity index (χ4n) is 3.93. The predicted molar refractivity (Wildman–Crippen MR) is 115 cm³/mol. The van der Waals surface area contributed by atoms with E-state index in [4.69, 9.17) is 0 Å². The van der Waals surface area contributed by atoms with Crippen molar-refractivity contribution < 1.29 is 17.6 Å². The first-order chi connectivity index (χ1) is 14.8. The summed E-state index contributed by atoms with van der Waals surface area (Å²) in [5, 5.41) is 4.29. The van der Waals surface area contributed by atoms with Gasteiger partial charge in [-0.15, -0.1) is 4.40 Å². The van der Waals surface area contributed by atoms with E-state index in [1.807, 2.05) is 11.8 Å². The van der Waals surface area contributed by atoms with E-state index in [0.29, 0.717) is 61.8 Å². The molecule has 1 fully saturated rings. The van der Waals surface area contributed by atoms with Crippen LogP contribution in [-0.4, -0.2) is 65.9 Å². The lowest BCUT2D eigenvalue weighted by molar-refractivity contribution is 0.0757. The number of rotatable bonds is 3. The first-order valence-electron chi connectivity index (χ1n) is 10.2. The molecule has 1 aromatic heterocycles. The van der Waals surface area contributed by atoms with Gasteiger partial charge < -0.3 is 9.80 Å². The van der Waals surface area contributed by atoms with Crippen LogP contribution < -0.4 is 0 Å². The van der Waals surface area contributed by atoms with Crippen LogP contribution in [0.5, 0.6) is 0 Å². The normalized spacial score (nSPS) is 18.9. The Morgan fingerprint density at radius 3 is 2.52 bits per heavy atom. The van der Waals surface area contributed by atoms with E-state index in [9.17, 15) is 17.6 Å². The number of hydrogen-bond donors (Lipinski definition) is 0. The smallest absolute Gasteiger partial charge is 0.285 e. The molecule has 1 saturated heterocycles. The molecule has 0 unspecified atom stereocenters. The van der Waals surface area contributed by atoms with Gasteiger partial charge in [-0.25, -0.2) is 4.39 Å². The first kappa shape index (κ1) is 21.2. The number of amides is 1. The largest absolute Gasteiger partial charge is 0.354 e. The lowest BCUT2D eigenvalue weighted by Crippen LogP contribution is -2.37. The van der Waals surface area contributed by atoms with Crippen LogP contribution in [0.2, 0.25) is 0 Å². The molecule has 4 rings (SSSR count). The van der Waals surface area contributed by atoms with E-state index >= 15 is 0 Å². The van der Waals surface area contributed by atoms with Crippen molar-refractivity contribution in [2.24, 2.45) is 4.40 Å². The molecule has 0 aliphatic carbocycles. The van der Waals surface area contributed by atoms with Crippen LogP contribution in [0.1, 0.15) is 36.3 Å². The number of amidine groups is 1. The molecule has 0 N–H and O–H groups in total. The third-order valence-electron chi connectivity index (χ3n) is 5.51. The third kappa shape index (κ3) is 4.12. The molecule has 8 nitrogen and oxygen atoms in total. The number of hydrogen-bond acceptors (Lipinski definition) is 5. The summed E-state index contributed by atoms with van der Waals surface area (Å²) in [6.45, 7) is 6.40. The van der Waals surface area contributed by atoms with E-state index < -0.39 is 15.8 Å². The van der Waals surface area contributed by atoms with Crippen molar-refractivity contribution in [1.82, 2.24) is 19.6 Å². The Labute approximate surface area is 180 Å². The fourth-order valence-corrected chi connectivity index (χ4v) is 5.41. The molecular weight excluding hydrogens is 421 g/mol. The lowest BCUT2D eigenvalue weighted by Gasteiger charge is -2.23. The summed E-state index contributed by atoms with van der Waals surface area (Å²) in [7, 11) is -3.88. The molecular formula is C21H24FN5O3S. The molecule has 0 spiro atoms. The van der Waals surface area contributed by atoms with Gasteiger partial charge in [-0.2, -0.15) is 13.5 Å². The Hall–Kier alpha value is -3.01. The van der Waals surface area contributed by atoms with Crippen LogP contribution in [0.3, 0.4) is 0 Å².